The maximum atomic E-state index is 12.1. The summed E-state index contributed by atoms with van der Waals surface area (Å²) in [6, 6.07) is 5.85. The largest absolute Gasteiger partial charge is 0.497 e. The van der Waals surface area contributed by atoms with Crippen molar-refractivity contribution in [3.63, 3.8) is 0 Å². The normalized spacial score (nSPS) is 12.4. The van der Waals surface area contributed by atoms with Gasteiger partial charge in [-0.1, -0.05) is 6.92 Å². The molecule has 0 fully saturated rings. The number of hydrogen-bond acceptors (Lipinski definition) is 5. The number of rotatable bonds is 7. The summed E-state index contributed by atoms with van der Waals surface area (Å²) in [7, 11) is -2.32. The molecule has 3 N–H and O–H groups in total. The van der Waals surface area contributed by atoms with Crippen molar-refractivity contribution in [3.05, 3.63) is 24.3 Å². The molecule has 1 aromatic rings. The first-order valence-electron chi connectivity index (χ1n) is 5.83. The number of sulfonamides is 1. The molecule has 0 spiro atoms. The Hall–Kier alpha value is -1.15. The Labute approximate surface area is 113 Å². The van der Waals surface area contributed by atoms with Gasteiger partial charge in [-0.3, -0.25) is 0 Å². The highest BCUT2D eigenvalue weighted by atomic mass is 32.2. The van der Waals surface area contributed by atoms with Gasteiger partial charge in [0.2, 0.25) is 10.0 Å². The van der Waals surface area contributed by atoms with Crippen LogP contribution in [0.25, 0.3) is 0 Å². The van der Waals surface area contributed by atoms with Gasteiger partial charge in [-0.15, -0.1) is 0 Å². The zero-order valence-electron chi connectivity index (χ0n) is 11.0. The van der Waals surface area contributed by atoms with Crippen molar-refractivity contribution in [2.45, 2.75) is 23.8 Å². The molecule has 19 heavy (non-hydrogen) atoms. The van der Waals surface area contributed by atoms with E-state index in [0.717, 1.165) is 0 Å². The molecule has 7 heteroatoms. The molecule has 0 unspecified atom stereocenters. The number of ether oxygens (including phenoxy) is 1. The van der Waals surface area contributed by atoms with Gasteiger partial charge in [-0.25, -0.2) is 13.1 Å². The van der Waals surface area contributed by atoms with Gasteiger partial charge < -0.3 is 14.9 Å². The Morgan fingerprint density at radius 3 is 2.11 bits per heavy atom. The van der Waals surface area contributed by atoms with Gasteiger partial charge in [-0.2, -0.15) is 0 Å². The van der Waals surface area contributed by atoms with E-state index in [9.17, 15) is 18.6 Å². The molecule has 0 bridgehead atoms. The molecule has 108 valence electrons. The lowest BCUT2D eigenvalue weighted by molar-refractivity contribution is 0.105. The van der Waals surface area contributed by atoms with E-state index in [1.165, 1.54) is 31.4 Å². The van der Waals surface area contributed by atoms with Crippen molar-refractivity contribution in [1.82, 2.24) is 4.72 Å². The Bertz CT molecular complexity index is 485. The van der Waals surface area contributed by atoms with Crippen LogP contribution >= 0.6 is 0 Å². The monoisotopic (exact) mass is 289 g/mol. The number of nitrogens with one attached hydrogen (secondary N) is 1. The van der Waals surface area contributed by atoms with Crippen molar-refractivity contribution >= 4 is 10.0 Å². The van der Waals surface area contributed by atoms with E-state index in [0.29, 0.717) is 5.75 Å². The van der Waals surface area contributed by atoms with Crippen molar-refractivity contribution in [1.29, 1.82) is 0 Å². The molecule has 1 rings (SSSR count). The summed E-state index contributed by atoms with van der Waals surface area (Å²) < 4.78 is 31.6. The van der Waals surface area contributed by atoms with Crippen molar-refractivity contribution in [3.8, 4) is 5.75 Å². The number of hydrogen-bond donors (Lipinski definition) is 3. The fourth-order valence-electron chi connectivity index (χ4n) is 1.51. The van der Waals surface area contributed by atoms with E-state index >= 15 is 0 Å². The topological polar surface area (TPSA) is 95.9 Å². The number of methoxy groups -OCH3 is 1. The molecular formula is C12H19NO5S. The molecule has 1 aromatic carbocycles. The summed E-state index contributed by atoms with van der Waals surface area (Å²) in [5, 5.41) is 18.5. The van der Waals surface area contributed by atoms with E-state index in [2.05, 4.69) is 4.72 Å². The maximum absolute atomic E-state index is 12.1. The van der Waals surface area contributed by atoms with Crippen LogP contribution in [0.3, 0.4) is 0 Å². The molecule has 0 aromatic heterocycles. The third kappa shape index (κ3) is 3.66. The molecule has 0 heterocycles. The SMILES string of the molecule is CCC(CO)(CO)NS(=O)(=O)c1ccc(OC)cc1. The minimum Gasteiger partial charge on any atom is -0.497 e. The summed E-state index contributed by atoms with van der Waals surface area (Å²) in [6.45, 7) is 0.730. The minimum atomic E-state index is -3.80. The van der Waals surface area contributed by atoms with Gasteiger partial charge in [0.15, 0.2) is 0 Å². The number of benzene rings is 1. The third-order valence-electron chi connectivity index (χ3n) is 3.00. The summed E-state index contributed by atoms with van der Waals surface area (Å²) in [5.41, 5.74) is -1.25. The highest BCUT2D eigenvalue weighted by molar-refractivity contribution is 7.89. The van der Waals surface area contributed by atoms with Crippen LogP contribution < -0.4 is 9.46 Å². The molecule has 6 nitrogen and oxygen atoms in total. The standard InChI is InChI=1S/C12H19NO5S/c1-3-12(8-14,9-15)13-19(16,17)11-6-4-10(18-2)5-7-11/h4-7,13-15H,3,8-9H2,1-2H3. The van der Waals surface area contributed by atoms with E-state index in [1.54, 1.807) is 6.92 Å². The number of aliphatic hydroxyl groups is 2. The molecular weight excluding hydrogens is 270 g/mol. The van der Waals surface area contributed by atoms with E-state index < -0.39 is 28.8 Å². The third-order valence-corrected chi connectivity index (χ3v) is 4.60. The molecule has 0 amide bonds. The quantitative estimate of drug-likeness (QED) is 0.662. The second-order valence-electron chi connectivity index (χ2n) is 4.23. The van der Waals surface area contributed by atoms with E-state index in [4.69, 9.17) is 4.74 Å². The molecule has 0 radical (unpaired) electrons. The Morgan fingerprint density at radius 1 is 1.21 bits per heavy atom. The van der Waals surface area contributed by atoms with Crippen molar-refractivity contribution in [2.24, 2.45) is 0 Å². The van der Waals surface area contributed by atoms with Gasteiger partial charge in [0, 0.05) is 0 Å². The van der Waals surface area contributed by atoms with Crippen molar-refractivity contribution in [2.75, 3.05) is 20.3 Å². The van der Waals surface area contributed by atoms with Crippen LogP contribution in [0.4, 0.5) is 0 Å². The molecule has 0 aliphatic rings. The molecule has 0 aliphatic heterocycles. The first kappa shape index (κ1) is 15.9. The summed E-state index contributed by atoms with van der Waals surface area (Å²) in [5.74, 6) is 0.546. The predicted octanol–water partition coefficient (Wildman–Crippen LogP) is 0.107. The van der Waals surface area contributed by atoms with Gasteiger partial charge in [-0.05, 0) is 30.7 Å². The van der Waals surface area contributed by atoms with E-state index in [1.807, 2.05) is 0 Å². The van der Waals surface area contributed by atoms with E-state index in [-0.39, 0.29) is 11.3 Å². The van der Waals surface area contributed by atoms with Crippen LogP contribution in [-0.2, 0) is 10.0 Å². The predicted molar refractivity (Wildman–Crippen MR) is 70.5 cm³/mol. The fourth-order valence-corrected chi connectivity index (χ4v) is 2.96. The van der Waals surface area contributed by atoms with Gasteiger partial charge in [0.25, 0.3) is 0 Å². The average molecular weight is 289 g/mol. The second-order valence-corrected chi connectivity index (χ2v) is 5.91. The zero-order valence-corrected chi connectivity index (χ0v) is 11.8. The number of aliphatic hydroxyl groups excluding tert-OH is 2. The zero-order chi connectivity index (χ0) is 14.5. The molecule has 0 atom stereocenters. The van der Waals surface area contributed by atoms with Crippen LogP contribution in [0.15, 0.2) is 29.2 Å². The van der Waals surface area contributed by atoms with Crippen LogP contribution in [0.2, 0.25) is 0 Å². The van der Waals surface area contributed by atoms with Crippen LogP contribution in [-0.4, -0.2) is 44.5 Å². The Kier molecular flexibility index (Phi) is 5.30. The Balaban J connectivity index is 3.03. The van der Waals surface area contributed by atoms with Crippen LogP contribution in [0, 0.1) is 0 Å². The molecule has 0 aliphatic carbocycles. The maximum Gasteiger partial charge on any atom is 0.241 e. The lowest BCUT2D eigenvalue weighted by atomic mass is 10.0. The second kappa shape index (κ2) is 6.33. The van der Waals surface area contributed by atoms with Crippen LogP contribution in [0.5, 0.6) is 5.75 Å². The molecule has 0 saturated heterocycles. The average Bonchev–Trinajstić information content (AvgIpc) is 2.45. The van der Waals surface area contributed by atoms with Gasteiger partial charge in [0.1, 0.15) is 5.75 Å². The minimum absolute atomic E-state index is 0.0491. The summed E-state index contributed by atoms with van der Waals surface area (Å²) >= 11 is 0. The van der Waals surface area contributed by atoms with Crippen LogP contribution in [0.1, 0.15) is 13.3 Å². The highest BCUT2D eigenvalue weighted by Crippen LogP contribution is 2.18. The smallest absolute Gasteiger partial charge is 0.241 e. The summed E-state index contributed by atoms with van der Waals surface area (Å²) in [4.78, 5) is 0.0491. The summed E-state index contributed by atoms with van der Waals surface area (Å²) in [6.07, 6.45) is 0.273. The first-order chi connectivity index (χ1) is 8.93. The first-order valence-corrected chi connectivity index (χ1v) is 7.31. The highest BCUT2D eigenvalue weighted by Gasteiger charge is 2.32. The van der Waals surface area contributed by atoms with Gasteiger partial charge >= 0.3 is 0 Å². The molecule has 0 saturated carbocycles. The lowest BCUT2D eigenvalue weighted by Crippen LogP contribution is -2.53. The lowest BCUT2D eigenvalue weighted by Gasteiger charge is -2.29. The van der Waals surface area contributed by atoms with Crippen molar-refractivity contribution < 1.29 is 23.4 Å². The Morgan fingerprint density at radius 2 is 1.74 bits per heavy atom. The van der Waals surface area contributed by atoms with Gasteiger partial charge in [0.05, 0.1) is 30.8 Å². The fraction of sp³-hybridized carbons (Fsp3) is 0.500.